The van der Waals surface area contributed by atoms with Crippen molar-refractivity contribution >= 4 is 17.3 Å². The van der Waals surface area contributed by atoms with Crippen LogP contribution in [0.25, 0.3) is 0 Å². The number of aromatic nitrogens is 1. The van der Waals surface area contributed by atoms with Gasteiger partial charge in [0.05, 0.1) is 18.1 Å². The van der Waals surface area contributed by atoms with Gasteiger partial charge in [-0.2, -0.15) is 0 Å². The van der Waals surface area contributed by atoms with Crippen molar-refractivity contribution in [3.63, 3.8) is 0 Å². The van der Waals surface area contributed by atoms with Gasteiger partial charge < -0.3 is 10.6 Å². The molecule has 1 unspecified atom stereocenters. The zero-order valence-corrected chi connectivity index (χ0v) is 9.61. The molecule has 0 bridgehead atoms. The van der Waals surface area contributed by atoms with Crippen LogP contribution in [0.2, 0.25) is 5.15 Å². The Balaban J connectivity index is 2.13. The predicted octanol–water partition coefficient (Wildman–Crippen LogP) is 2.26. The van der Waals surface area contributed by atoms with Gasteiger partial charge in [-0.15, -0.1) is 0 Å². The molecule has 0 aliphatic carbocycles. The first kappa shape index (κ1) is 10.7. The summed E-state index contributed by atoms with van der Waals surface area (Å²) in [5.41, 5.74) is 7.17. The fourth-order valence-electron chi connectivity index (χ4n) is 2.04. The van der Waals surface area contributed by atoms with Gasteiger partial charge in [0.2, 0.25) is 0 Å². The molecule has 0 saturated carbocycles. The highest BCUT2D eigenvalue weighted by molar-refractivity contribution is 6.29. The lowest BCUT2D eigenvalue weighted by Crippen LogP contribution is -2.47. The summed E-state index contributed by atoms with van der Waals surface area (Å²) in [5, 5.41) is 0.526. The maximum atomic E-state index is 6.10. The fourth-order valence-corrected chi connectivity index (χ4v) is 2.15. The molecule has 4 heteroatoms. The van der Waals surface area contributed by atoms with Crippen LogP contribution >= 0.6 is 11.6 Å². The Morgan fingerprint density at radius 2 is 2.33 bits per heavy atom. The molecule has 1 aromatic rings. The van der Waals surface area contributed by atoms with Crippen LogP contribution in [0.4, 0.5) is 5.69 Å². The molecule has 2 rings (SSSR count). The van der Waals surface area contributed by atoms with E-state index in [2.05, 4.69) is 16.8 Å². The Hall–Kier alpha value is -0.800. The van der Waals surface area contributed by atoms with Crippen LogP contribution in [0.15, 0.2) is 18.3 Å². The zero-order chi connectivity index (χ0) is 10.8. The highest BCUT2D eigenvalue weighted by atomic mass is 35.5. The number of anilines is 1. The molecule has 1 aliphatic heterocycles. The normalized spacial score (nSPS) is 26.7. The lowest BCUT2D eigenvalue weighted by Gasteiger charge is -2.37. The monoisotopic (exact) mass is 225 g/mol. The molecule has 2 heterocycles. The van der Waals surface area contributed by atoms with Crippen LogP contribution in [-0.2, 0) is 0 Å². The van der Waals surface area contributed by atoms with Gasteiger partial charge in [-0.3, -0.25) is 0 Å². The molecule has 0 amide bonds. The van der Waals surface area contributed by atoms with Gasteiger partial charge >= 0.3 is 0 Å². The second kappa shape index (κ2) is 4.37. The first-order valence-electron chi connectivity index (χ1n) is 5.30. The predicted molar refractivity (Wildman–Crippen MR) is 63.0 cm³/mol. The van der Waals surface area contributed by atoms with Crippen LogP contribution in [0.5, 0.6) is 0 Å². The molecule has 0 radical (unpaired) electrons. The molecular weight excluding hydrogens is 210 g/mol. The average molecular weight is 226 g/mol. The van der Waals surface area contributed by atoms with Crippen LogP contribution in [0, 0.1) is 5.92 Å². The van der Waals surface area contributed by atoms with Gasteiger partial charge in [0.15, 0.2) is 0 Å². The van der Waals surface area contributed by atoms with Crippen LogP contribution in [-0.4, -0.2) is 17.7 Å². The Bertz CT molecular complexity index is 325. The maximum absolute atomic E-state index is 6.10. The summed E-state index contributed by atoms with van der Waals surface area (Å²) in [6, 6.07) is 3.78. The smallest absolute Gasteiger partial charge is 0.129 e. The number of halogens is 1. The third kappa shape index (κ3) is 2.41. The maximum Gasteiger partial charge on any atom is 0.129 e. The van der Waals surface area contributed by atoms with Crippen molar-refractivity contribution in [2.75, 3.05) is 11.4 Å². The Morgan fingerprint density at radius 3 is 2.93 bits per heavy atom. The summed E-state index contributed by atoms with van der Waals surface area (Å²) >= 11 is 5.75. The standard InChI is InChI=1S/C11H16ClN3/c1-8-4-5-15(11(13)6-8)9-2-3-10(12)14-7-9/h2-3,7-8,11H,4-6,13H2,1H3/t8-,11?/m0/s1. The van der Waals surface area contributed by atoms with Crippen molar-refractivity contribution in [3.8, 4) is 0 Å². The third-order valence-corrected chi connectivity index (χ3v) is 3.17. The Morgan fingerprint density at radius 1 is 1.53 bits per heavy atom. The third-order valence-electron chi connectivity index (χ3n) is 2.95. The molecule has 82 valence electrons. The van der Waals surface area contributed by atoms with Gasteiger partial charge in [0.1, 0.15) is 5.15 Å². The molecule has 1 aliphatic rings. The number of nitrogens with two attached hydrogens (primary N) is 1. The van der Waals surface area contributed by atoms with Gasteiger partial charge in [0, 0.05) is 6.54 Å². The van der Waals surface area contributed by atoms with E-state index in [-0.39, 0.29) is 6.17 Å². The van der Waals surface area contributed by atoms with Gasteiger partial charge in [-0.25, -0.2) is 4.98 Å². The van der Waals surface area contributed by atoms with Gasteiger partial charge in [0.25, 0.3) is 0 Å². The number of nitrogens with zero attached hydrogens (tertiary/aromatic N) is 2. The second-order valence-corrected chi connectivity index (χ2v) is 4.62. The average Bonchev–Trinajstić information content (AvgIpc) is 2.20. The zero-order valence-electron chi connectivity index (χ0n) is 8.86. The number of piperidine rings is 1. The number of rotatable bonds is 1. The van der Waals surface area contributed by atoms with Crippen molar-refractivity contribution < 1.29 is 0 Å². The minimum absolute atomic E-state index is 0.108. The summed E-state index contributed by atoms with van der Waals surface area (Å²) in [6.07, 6.45) is 4.13. The summed E-state index contributed by atoms with van der Waals surface area (Å²) in [6.45, 7) is 3.25. The van der Waals surface area contributed by atoms with E-state index in [0.717, 1.165) is 24.6 Å². The van der Waals surface area contributed by atoms with Crippen molar-refractivity contribution in [1.82, 2.24) is 4.98 Å². The van der Waals surface area contributed by atoms with Gasteiger partial charge in [-0.05, 0) is 30.9 Å². The molecule has 15 heavy (non-hydrogen) atoms. The highest BCUT2D eigenvalue weighted by Gasteiger charge is 2.23. The fraction of sp³-hybridized carbons (Fsp3) is 0.545. The molecule has 2 N–H and O–H groups in total. The van der Waals surface area contributed by atoms with E-state index < -0.39 is 0 Å². The minimum atomic E-state index is 0.108. The van der Waals surface area contributed by atoms with E-state index in [4.69, 9.17) is 17.3 Å². The van der Waals surface area contributed by atoms with Crippen LogP contribution in [0.1, 0.15) is 19.8 Å². The molecule has 0 aromatic carbocycles. The molecule has 1 saturated heterocycles. The lowest BCUT2D eigenvalue weighted by molar-refractivity contribution is 0.368. The summed E-state index contributed by atoms with van der Waals surface area (Å²) < 4.78 is 0. The van der Waals surface area contributed by atoms with Crippen LogP contribution < -0.4 is 10.6 Å². The Kier molecular flexibility index (Phi) is 3.12. The topological polar surface area (TPSA) is 42.2 Å². The molecule has 1 fully saturated rings. The SMILES string of the molecule is C[C@H]1CCN(c2ccc(Cl)nc2)C(N)C1. The molecule has 3 nitrogen and oxygen atoms in total. The molecule has 0 spiro atoms. The van der Waals surface area contributed by atoms with Crippen molar-refractivity contribution in [2.24, 2.45) is 11.7 Å². The van der Waals surface area contributed by atoms with Crippen molar-refractivity contribution in [1.29, 1.82) is 0 Å². The van der Waals surface area contributed by atoms with E-state index >= 15 is 0 Å². The quantitative estimate of drug-likeness (QED) is 0.746. The second-order valence-electron chi connectivity index (χ2n) is 4.23. The first-order valence-corrected chi connectivity index (χ1v) is 5.68. The van der Waals surface area contributed by atoms with Gasteiger partial charge in [-0.1, -0.05) is 18.5 Å². The molecule has 2 atom stereocenters. The molecule has 1 aromatic heterocycles. The highest BCUT2D eigenvalue weighted by Crippen LogP contribution is 2.25. The van der Waals surface area contributed by atoms with Crippen molar-refractivity contribution in [3.05, 3.63) is 23.5 Å². The van der Waals surface area contributed by atoms with E-state index in [9.17, 15) is 0 Å². The Labute approximate surface area is 95.2 Å². The first-order chi connectivity index (χ1) is 7.16. The summed E-state index contributed by atoms with van der Waals surface area (Å²) in [4.78, 5) is 6.27. The number of pyridine rings is 1. The van der Waals surface area contributed by atoms with E-state index in [1.807, 2.05) is 12.1 Å². The van der Waals surface area contributed by atoms with E-state index in [1.54, 1.807) is 6.20 Å². The number of hydrogen-bond acceptors (Lipinski definition) is 3. The minimum Gasteiger partial charge on any atom is -0.355 e. The summed E-state index contributed by atoms with van der Waals surface area (Å²) in [7, 11) is 0. The largest absolute Gasteiger partial charge is 0.355 e. The lowest BCUT2D eigenvalue weighted by atomic mass is 9.96. The summed E-state index contributed by atoms with van der Waals surface area (Å²) in [5.74, 6) is 0.719. The molecular formula is C11H16ClN3. The van der Waals surface area contributed by atoms with Crippen molar-refractivity contribution in [2.45, 2.75) is 25.9 Å². The van der Waals surface area contributed by atoms with Crippen LogP contribution in [0.3, 0.4) is 0 Å². The van der Waals surface area contributed by atoms with E-state index in [0.29, 0.717) is 5.15 Å². The number of hydrogen-bond donors (Lipinski definition) is 1. The van der Waals surface area contributed by atoms with E-state index in [1.165, 1.54) is 6.42 Å².